The summed E-state index contributed by atoms with van der Waals surface area (Å²) in [4.78, 5) is 47.6. The Bertz CT molecular complexity index is 1840. The van der Waals surface area contributed by atoms with E-state index in [4.69, 9.17) is 9.40 Å². The van der Waals surface area contributed by atoms with Crippen LogP contribution in [-0.4, -0.2) is 50.8 Å². The van der Waals surface area contributed by atoms with Crippen molar-refractivity contribution in [2.45, 2.75) is 69.7 Å². The molecule has 0 spiro atoms. The molecule has 246 valence electrons. The Balaban J connectivity index is 1.17. The number of piperidine rings is 2. The van der Waals surface area contributed by atoms with Crippen molar-refractivity contribution in [3.63, 3.8) is 0 Å². The maximum absolute atomic E-state index is 13.2. The van der Waals surface area contributed by atoms with Gasteiger partial charge in [0.15, 0.2) is 11.5 Å². The largest absolute Gasteiger partial charge is 0.440 e. The number of halogens is 3. The predicted octanol–water partition coefficient (Wildman–Crippen LogP) is 5.62. The van der Waals surface area contributed by atoms with Crippen LogP contribution in [0.4, 0.5) is 18.9 Å². The fourth-order valence-corrected chi connectivity index (χ4v) is 6.27. The van der Waals surface area contributed by atoms with Crippen molar-refractivity contribution in [2.75, 3.05) is 18.4 Å². The summed E-state index contributed by atoms with van der Waals surface area (Å²) in [5, 5.41) is 15.9. The summed E-state index contributed by atoms with van der Waals surface area (Å²) in [5.41, 5.74) is 0.278. The van der Waals surface area contributed by atoms with Gasteiger partial charge in [-0.2, -0.15) is 13.2 Å². The number of alkyl halides is 3. The number of benzene rings is 2. The van der Waals surface area contributed by atoms with Gasteiger partial charge in [0.2, 0.25) is 11.8 Å². The van der Waals surface area contributed by atoms with Gasteiger partial charge in [0.05, 0.1) is 17.2 Å². The standard InChI is InChI=1S/C34H34F3N5O5/c1-33(2,46)23-16-26-27(17-25(23)39-31(45)24-8-5-9-28(38-24)34(35,36)37)47-32(40-26)19-12-14-42(15-13-19)18-20-6-3-4-7-21(20)22-10-11-29(43)41-30(22)44/h3-9,16-17,19,22,46H,10-15,18H2,1-2H3,(H,39,45)(H,41,43,44). The highest BCUT2D eigenvalue weighted by molar-refractivity contribution is 6.04. The lowest BCUT2D eigenvalue weighted by molar-refractivity contribution is -0.141. The van der Waals surface area contributed by atoms with Gasteiger partial charge in [-0.15, -0.1) is 0 Å². The summed E-state index contributed by atoms with van der Waals surface area (Å²) in [7, 11) is 0. The van der Waals surface area contributed by atoms with Gasteiger partial charge in [0.1, 0.15) is 16.9 Å². The number of hydrogen-bond acceptors (Lipinski definition) is 8. The monoisotopic (exact) mass is 649 g/mol. The molecule has 1 unspecified atom stereocenters. The highest BCUT2D eigenvalue weighted by Crippen LogP contribution is 2.37. The Morgan fingerprint density at radius 2 is 1.79 bits per heavy atom. The first-order valence-electron chi connectivity index (χ1n) is 15.4. The van der Waals surface area contributed by atoms with Gasteiger partial charge >= 0.3 is 6.18 Å². The van der Waals surface area contributed by atoms with Crippen LogP contribution >= 0.6 is 0 Å². The van der Waals surface area contributed by atoms with Gasteiger partial charge in [0.25, 0.3) is 5.91 Å². The molecule has 3 N–H and O–H groups in total. The Kier molecular flexibility index (Phi) is 8.62. The SMILES string of the molecule is CC(C)(O)c1cc2nc(C3CCN(Cc4ccccc4C4CCC(=O)NC4=O)CC3)oc2cc1NC(=O)c1cccc(C(F)(F)F)n1. The average molecular weight is 650 g/mol. The van der Waals surface area contributed by atoms with E-state index in [1.807, 2.05) is 24.3 Å². The van der Waals surface area contributed by atoms with Crippen molar-refractivity contribution >= 4 is 34.5 Å². The quantitative estimate of drug-likeness (QED) is 0.220. The van der Waals surface area contributed by atoms with E-state index in [2.05, 4.69) is 20.5 Å². The molecule has 0 radical (unpaired) electrons. The second-order valence-corrected chi connectivity index (χ2v) is 12.6. The maximum atomic E-state index is 13.2. The number of carbonyl (C=O) groups is 3. The zero-order valence-corrected chi connectivity index (χ0v) is 25.9. The minimum absolute atomic E-state index is 0.0157. The molecular formula is C34H34F3N5O5. The minimum Gasteiger partial charge on any atom is -0.440 e. The van der Waals surface area contributed by atoms with E-state index in [1.165, 1.54) is 26.0 Å². The van der Waals surface area contributed by atoms with E-state index in [0.717, 1.165) is 49.2 Å². The first-order chi connectivity index (χ1) is 22.3. The number of rotatable bonds is 7. The van der Waals surface area contributed by atoms with Crippen molar-refractivity contribution in [1.29, 1.82) is 0 Å². The number of nitrogens with one attached hydrogen (secondary N) is 2. The van der Waals surface area contributed by atoms with Crippen LogP contribution in [0.2, 0.25) is 0 Å². The Morgan fingerprint density at radius 3 is 2.49 bits per heavy atom. The normalized spacial score (nSPS) is 18.4. The highest BCUT2D eigenvalue weighted by atomic mass is 19.4. The number of aliphatic hydroxyl groups is 1. The van der Waals surface area contributed by atoms with Gasteiger partial charge in [-0.05, 0) is 75.5 Å². The number of carbonyl (C=O) groups excluding carboxylic acids is 3. The molecule has 4 aromatic rings. The summed E-state index contributed by atoms with van der Waals surface area (Å²) in [5.74, 6) is -1.19. The van der Waals surface area contributed by atoms with Crippen molar-refractivity contribution in [1.82, 2.24) is 20.2 Å². The van der Waals surface area contributed by atoms with E-state index < -0.39 is 29.1 Å². The second kappa shape index (κ2) is 12.5. The van der Waals surface area contributed by atoms with Crippen molar-refractivity contribution in [3.8, 4) is 0 Å². The molecule has 3 amide bonds. The molecule has 2 aromatic heterocycles. The van der Waals surface area contributed by atoms with Crippen molar-refractivity contribution in [2.24, 2.45) is 0 Å². The predicted molar refractivity (Wildman–Crippen MR) is 165 cm³/mol. The van der Waals surface area contributed by atoms with Crippen molar-refractivity contribution in [3.05, 3.63) is 88.6 Å². The van der Waals surface area contributed by atoms with Crippen LogP contribution in [0, 0.1) is 0 Å². The smallest absolute Gasteiger partial charge is 0.433 e. The first-order valence-corrected chi connectivity index (χ1v) is 15.4. The van der Waals surface area contributed by atoms with Crippen LogP contribution in [-0.2, 0) is 27.9 Å². The Hall–Kier alpha value is -4.62. The van der Waals surface area contributed by atoms with Gasteiger partial charge in [-0.3, -0.25) is 24.6 Å². The average Bonchev–Trinajstić information content (AvgIpc) is 3.44. The van der Waals surface area contributed by atoms with E-state index in [0.29, 0.717) is 41.9 Å². The minimum atomic E-state index is -4.71. The number of oxazole rings is 1. The molecular weight excluding hydrogens is 615 g/mol. The number of imide groups is 1. The molecule has 2 aliphatic rings. The molecule has 47 heavy (non-hydrogen) atoms. The van der Waals surface area contributed by atoms with E-state index >= 15 is 0 Å². The zero-order valence-electron chi connectivity index (χ0n) is 25.9. The summed E-state index contributed by atoms with van der Waals surface area (Å²) in [6.07, 6.45) is -2.38. The molecule has 1 atom stereocenters. The van der Waals surface area contributed by atoms with Crippen LogP contribution in [0.5, 0.6) is 0 Å². The summed E-state index contributed by atoms with van der Waals surface area (Å²) >= 11 is 0. The lowest BCUT2D eigenvalue weighted by Gasteiger charge is -2.32. The molecule has 0 aliphatic carbocycles. The third kappa shape index (κ3) is 7.05. The first kappa shape index (κ1) is 32.3. The molecule has 2 saturated heterocycles. The number of anilines is 1. The lowest BCUT2D eigenvalue weighted by atomic mass is 9.87. The fraction of sp³-hybridized carbons (Fsp3) is 0.382. The molecule has 0 saturated carbocycles. The Morgan fingerprint density at radius 1 is 1.04 bits per heavy atom. The topological polar surface area (TPSA) is 138 Å². The molecule has 10 nitrogen and oxygen atoms in total. The van der Waals surface area contributed by atoms with Gasteiger partial charge in [-0.1, -0.05) is 30.3 Å². The third-order valence-corrected chi connectivity index (χ3v) is 8.72. The molecule has 13 heteroatoms. The van der Waals surface area contributed by atoms with Crippen LogP contribution in [0.1, 0.15) is 90.1 Å². The van der Waals surface area contributed by atoms with Crippen LogP contribution < -0.4 is 10.6 Å². The number of likely N-dealkylation sites (tertiary alicyclic amines) is 1. The van der Waals surface area contributed by atoms with E-state index in [1.54, 1.807) is 6.07 Å². The number of amides is 3. The summed E-state index contributed by atoms with van der Waals surface area (Å²) < 4.78 is 45.6. The van der Waals surface area contributed by atoms with Crippen LogP contribution in [0.25, 0.3) is 11.1 Å². The van der Waals surface area contributed by atoms with Gasteiger partial charge < -0.3 is 14.8 Å². The number of pyridine rings is 1. The van der Waals surface area contributed by atoms with Crippen LogP contribution in [0.15, 0.2) is 59.0 Å². The number of hydrogen-bond donors (Lipinski definition) is 3. The summed E-state index contributed by atoms with van der Waals surface area (Å²) in [6.45, 7) is 5.23. The van der Waals surface area contributed by atoms with Crippen molar-refractivity contribution < 1.29 is 37.1 Å². The van der Waals surface area contributed by atoms with Gasteiger partial charge in [0, 0.05) is 30.5 Å². The number of fused-ring (bicyclic) bond motifs is 1. The second-order valence-electron chi connectivity index (χ2n) is 12.6. The van der Waals surface area contributed by atoms with Gasteiger partial charge in [-0.25, -0.2) is 9.97 Å². The summed E-state index contributed by atoms with van der Waals surface area (Å²) in [6, 6.07) is 14.0. The molecule has 4 heterocycles. The molecule has 0 bridgehead atoms. The van der Waals surface area contributed by atoms with E-state index in [-0.39, 0.29) is 29.3 Å². The fourth-order valence-electron chi connectivity index (χ4n) is 6.27. The maximum Gasteiger partial charge on any atom is 0.433 e. The lowest BCUT2D eigenvalue weighted by Crippen LogP contribution is -2.40. The van der Waals surface area contributed by atoms with E-state index in [9.17, 15) is 32.7 Å². The number of nitrogens with zero attached hydrogens (tertiary/aromatic N) is 3. The molecule has 2 aliphatic heterocycles. The molecule has 2 fully saturated rings. The molecule has 2 aromatic carbocycles. The zero-order chi connectivity index (χ0) is 33.5. The number of aromatic nitrogens is 2. The van der Waals surface area contributed by atoms with Crippen LogP contribution in [0.3, 0.4) is 0 Å². The molecule has 6 rings (SSSR count). The third-order valence-electron chi connectivity index (χ3n) is 8.72. The Labute approximate surface area is 268 Å². The highest BCUT2D eigenvalue weighted by Gasteiger charge is 2.34.